The van der Waals surface area contributed by atoms with Crippen LogP contribution in [-0.4, -0.2) is 9.78 Å². The van der Waals surface area contributed by atoms with Crippen molar-refractivity contribution in [2.75, 3.05) is 5.73 Å². The lowest BCUT2D eigenvalue weighted by Gasteiger charge is -2.15. The smallest absolute Gasteiger partial charge is 0.145 e. The molecule has 2 rings (SSSR count). The highest BCUT2D eigenvalue weighted by molar-refractivity contribution is 5.31. The van der Waals surface area contributed by atoms with Gasteiger partial charge < -0.3 is 5.73 Å². The molecular weight excluding hydrogens is 174 g/mol. The molecule has 0 aromatic carbocycles. The van der Waals surface area contributed by atoms with Crippen LogP contribution in [-0.2, 0) is 0 Å². The maximum atomic E-state index is 5.75. The molecule has 1 heterocycles. The lowest BCUT2D eigenvalue weighted by molar-refractivity contribution is 0.443. The minimum absolute atomic E-state index is 0.514. The lowest BCUT2D eigenvalue weighted by Crippen LogP contribution is -2.11. The van der Waals surface area contributed by atoms with Gasteiger partial charge in [-0.15, -0.1) is 0 Å². The van der Waals surface area contributed by atoms with Crippen LogP contribution in [0.15, 0.2) is 6.07 Å². The highest BCUT2D eigenvalue weighted by Gasteiger charge is 2.21. The zero-order valence-corrected chi connectivity index (χ0v) is 9.03. The fourth-order valence-electron chi connectivity index (χ4n) is 2.30. The monoisotopic (exact) mass is 193 g/mol. The predicted octanol–water partition coefficient (Wildman–Crippen LogP) is 2.70. The molecular formula is C11H19N3. The molecule has 1 aromatic heterocycles. The second kappa shape index (κ2) is 3.64. The standard InChI is InChI=1S/C11H19N3/c1-8(2)10-7-11(12)13-14(10)9-5-3-4-6-9/h7-9H,3-6H2,1-2H3,(H2,12,13). The largest absolute Gasteiger partial charge is 0.382 e. The number of nitrogens with zero attached hydrogens (tertiary/aromatic N) is 2. The first-order valence-corrected chi connectivity index (χ1v) is 5.53. The van der Waals surface area contributed by atoms with E-state index in [1.807, 2.05) is 6.07 Å². The highest BCUT2D eigenvalue weighted by Crippen LogP contribution is 2.32. The molecule has 1 aromatic rings. The maximum Gasteiger partial charge on any atom is 0.145 e. The number of hydrogen-bond donors (Lipinski definition) is 1. The Morgan fingerprint density at radius 1 is 1.43 bits per heavy atom. The first kappa shape index (κ1) is 9.56. The third-order valence-electron chi connectivity index (χ3n) is 3.05. The molecule has 1 saturated carbocycles. The highest BCUT2D eigenvalue weighted by atomic mass is 15.3. The van der Waals surface area contributed by atoms with Crippen molar-refractivity contribution < 1.29 is 0 Å². The SMILES string of the molecule is CC(C)c1cc(N)nn1C1CCCC1. The van der Waals surface area contributed by atoms with Gasteiger partial charge in [-0.3, -0.25) is 4.68 Å². The second-order valence-corrected chi connectivity index (χ2v) is 4.53. The zero-order chi connectivity index (χ0) is 10.1. The van der Waals surface area contributed by atoms with Crippen molar-refractivity contribution in [3.8, 4) is 0 Å². The van der Waals surface area contributed by atoms with Crippen molar-refractivity contribution in [2.45, 2.75) is 51.5 Å². The van der Waals surface area contributed by atoms with Crippen molar-refractivity contribution in [1.82, 2.24) is 9.78 Å². The fourth-order valence-corrected chi connectivity index (χ4v) is 2.30. The summed E-state index contributed by atoms with van der Waals surface area (Å²) in [6, 6.07) is 2.62. The molecule has 0 spiro atoms. The first-order valence-electron chi connectivity index (χ1n) is 5.53. The van der Waals surface area contributed by atoms with Crippen LogP contribution in [0.5, 0.6) is 0 Å². The molecule has 0 bridgehead atoms. The van der Waals surface area contributed by atoms with Crippen LogP contribution in [0.3, 0.4) is 0 Å². The number of aromatic nitrogens is 2. The van der Waals surface area contributed by atoms with Gasteiger partial charge in [0.25, 0.3) is 0 Å². The van der Waals surface area contributed by atoms with E-state index in [9.17, 15) is 0 Å². The van der Waals surface area contributed by atoms with Crippen LogP contribution in [0.1, 0.15) is 57.2 Å². The van der Waals surface area contributed by atoms with Gasteiger partial charge in [0.15, 0.2) is 0 Å². The van der Waals surface area contributed by atoms with Gasteiger partial charge in [-0.05, 0) is 18.8 Å². The maximum absolute atomic E-state index is 5.75. The van der Waals surface area contributed by atoms with Crippen molar-refractivity contribution in [2.24, 2.45) is 0 Å². The topological polar surface area (TPSA) is 43.8 Å². The summed E-state index contributed by atoms with van der Waals surface area (Å²) in [6.07, 6.45) is 5.20. The molecule has 0 saturated heterocycles. The van der Waals surface area contributed by atoms with Gasteiger partial charge in [0.05, 0.1) is 6.04 Å². The van der Waals surface area contributed by atoms with E-state index >= 15 is 0 Å². The molecule has 0 atom stereocenters. The van der Waals surface area contributed by atoms with Gasteiger partial charge in [-0.25, -0.2) is 0 Å². The van der Waals surface area contributed by atoms with Crippen molar-refractivity contribution in [3.63, 3.8) is 0 Å². The Kier molecular flexibility index (Phi) is 2.48. The van der Waals surface area contributed by atoms with Crippen molar-refractivity contribution >= 4 is 5.82 Å². The van der Waals surface area contributed by atoms with E-state index in [1.54, 1.807) is 0 Å². The average Bonchev–Trinajstić information content (AvgIpc) is 2.70. The van der Waals surface area contributed by atoms with Crippen molar-refractivity contribution in [1.29, 1.82) is 0 Å². The third kappa shape index (κ3) is 1.63. The quantitative estimate of drug-likeness (QED) is 0.784. The lowest BCUT2D eigenvalue weighted by atomic mass is 10.1. The van der Waals surface area contributed by atoms with E-state index in [1.165, 1.54) is 31.4 Å². The molecule has 1 fully saturated rings. The Morgan fingerprint density at radius 2 is 2.07 bits per heavy atom. The third-order valence-corrected chi connectivity index (χ3v) is 3.05. The second-order valence-electron chi connectivity index (χ2n) is 4.53. The minimum Gasteiger partial charge on any atom is -0.382 e. The number of rotatable bonds is 2. The summed E-state index contributed by atoms with van der Waals surface area (Å²) in [5.41, 5.74) is 7.04. The van der Waals surface area contributed by atoms with Crippen LogP contribution >= 0.6 is 0 Å². The van der Waals surface area contributed by atoms with Gasteiger partial charge >= 0.3 is 0 Å². The van der Waals surface area contributed by atoms with Gasteiger partial charge in [0.1, 0.15) is 5.82 Å². The molecule has 1 aliphatic carbocycles. The minimum atomic E-state index is 0.514. The van der Waals surface area contributed by atoms with Gasteiger partial charge in [-0.1, -0.05) is 26.7 Å². The van der Waals surface area contributed by atoms with E-state index in [0.717, 1.165) is 0 Å². The number of anilines is 1. The van der Waals surface area contributed by atoms with Crippen LogP contribution < -0.4 is 5.73 Å². The summed E-state index contributed by atoms with van der Waals surface area (Å²) >= 11 is 0. The van der Waals surface area contributed by atoms with Crippen LogP contribution in [0.25, 0.3) is 0 Å². The average molecular weight is 193 g/mol. The Balaban J connectivity index is 2.30. The normalized spacial score (nSPS) is 18.2. The molecule has 2 N–H and O–H groups in total. The van der Waals surface area contributed by atoms with Crippen molar-refractivity contribution in [3.05, 3.63) is 11.8 Å². The van der Waals surface area contributed by atoms with Gasteiger partial charge in [-0.2, -0.15) is 5.10 Å². The van der Waals surface area contributed by atoms with Gasteiger partial charge in [0, 0.05) is 11.8 Å². The Labute approximate surface area is 85.3 Å². The molecule has 0 amide bonds. The summed E-state index contributed by atoms with van der Waals surface area (Å²) in [7, 11) is 0. The van der Waals surface area contributed by atoms with E-state index in [0.29, 0.717) is 17.8 Å². The Hall–Kier alpha value is -0.990. The van der Waals surface area contributed by atoms with Crippen LogP contribution in [0.4, 0.5) is 5.82 Å². The Morgan fingerprint density at radius 3 is 2.64 bits per heavy atom. The van der Waals surface area contributed by atoms with E-state index in [4.69, 9.17) is 5.73 Å². The molecule has 14 heavy (non-hydrogen) atoms. The van der Waals surface area contributed by atoms with E-state index in [2.05, 4.69) is 23.6 Å². The number of nitrogens with two attached hydrogens (primary N) is 1. The van der Waals surface area contributed by atoms with E-state index in [-0.39, 0.29) is 0 Å². The summed E-state index contributed by atoms with van der Waals surface area (Å²) in [5, 5.41) is 4.41. The van der Waals surface area contributed by atoms with Crippen LogP contribution in [0, 0.1) is 0 Å². The summed E-state index contributed by atoms with van der Waals surface area (Å²) in [4.78, 5) is 0. The molecule has 3 heteroatoms. The molecule has 3 nitrogen and oxygen atoms in total. The molecule has 0 unspecified atom stereocenters. The molecule has 0 aliphatic heterocycles. The van der Waals surface area contributed by atoms with E-state index < -0.39 is 0 Å². The summed E-state index contributed by atoms with van der Waals surface area (Å²) < 4.78 is 2.16. The Bertz CT molecular complexity index is 308. The molecule has 0 radical (unpaired) electrons. The molecule has 1 aliphatic rings. The number of nitrogen functional groups attached to an aromatic ring is 1. The number of hydrogen-bond acceptors (Lipinski definition) is 2. The van der Waals surface area contributed by atoms with Gasteiger partial charge in [0.2, 0.25) is 0 Å². The first-order chi connectivity index (χ1) is 6.68. The zero-order valence-electron chi connectivity index (χ0n) is 9.03. The fraction of sp³-hybridized carbons (Fsp3) is 0.727. The summed E-state index contributed by atoms with van der Waals surface area (Å²) in [6.45, 7) is 4.39. The van der Waals surface area contributed by atoms with Crippen LogP contribution in [0.2, 0.25) is 0 Å². The summed E-state index contributed by atoms with van der Waals surface area (Å²) in [5.74, 6) is 1.18. The predicted molar refractivity (Wildman–Crippen MR) is 58.2 cm³/mol. The molecule has 78 valence electrons.